The van der Waals surface area contributed by atoms with Crippen molar-refractivity contribution in [1.82, 2.24) is 4.57 Å². The molecule has 0 atom stereocenters. The Balaban J connectivity index is 2.38. The number of benzene rings is 1. The molecule has 22 heavy (non-hydrogen) atoms. The van der Waals surface area contributed by atoms with Crippen LogP contribution in [0.25, 0.3) is 0 Å². The molecule has 0 aliphatic rings. The molecule has 0 spiro atoms. The summed E-state index contributed by atoms with van der Waals surface area (Å²) in [6.07, 6.45) is 0. The molecule has 0 amide bonds. The quantitative estimate of drug-likeness (QED) is 0.879. The number of carbonyl (C=O) groups excluding carboxylic acids is 1. The summed E-state index contributed by atoms with van der Waals surface area (Å²) in [5.74, 6) is 0.102. The second-order valence-corrected chi connectivity index (χ2v) is 6.54. The Hall–Kier alpha value is -2.23. The summed E-state index contributed by atoms with van der Waals surface area (Å²) in [5.41, 5.74) is 9.18. The SMILES string of the molecule is Cc1c(C(=O)OC(C)(C)C)c(N)n(Cc2ccccc2)c1C. The molecular weight excluding hydrogens is 276 g/mol. The van der Waals surface area contributed by atoms with Gasteiger partial charge >= 0.3 is 5.97 Å². The van der Waals surface area contributed by atoms with Gasteiger partial charge in [-0.25, -0.2) is 4.79 Å². The smallest absolute Gasteiger partial charge is 0.342 e. The van der Waals surface area contributed by atoms with Gasteiger partial charge in [0, 0.05) is 12.2 Å². The molecule has 2 rings (SSSR count). The van der Waals surface area contributed by atoms with E-state index < -0.39 is 5.60 Å². The number of nitrogen functional groups attached to an aromatic ring is 1. The molecule has 0 radical (unpaired) electrons. The van der Waals surface area contributed by atoms with E-state index in [0.29, 0.717) is 17.9 Å². The highest BCUT2D eigenvalue weighted by molar-refractivity contribution is 5.97. The van der Waals surface area contributed by atoms with Gasteiger partial charge in [0.05, 0.1) is 0 Å². The van der Waals surface area contributed by atoms with Crippen LogP contribution in [-0.2, 0) is 11.3 Å². The molecule has 0 saturated carbocycles. The Morgan fingerprint density at radius 1 is 1.18 bits per heavy atom. The molecule has 1 aromatic carbocycles. The van der Waals surface area contributed by atoms with Crippen LogP contribution in [0.2, 0.25) is 0 Å². The number of hydrogen-bond donors (Lipinski definition) is 1. The molecule has 4 nitrogen and oxygen atoms in total. The Morgan fingerprint density at radius 2 is 1.77 bits per heavy atom. The number of anilines is 1. The Morgan fingerprint density at radius 3 is 2.32 bits per heavy atom. The van der Waals surface area contributed by atoms with Gasteiger partial charge in [0.15, 0.2) is 0 Å². The number of esters is 1. The lowest BCUT2D eigenvalue weighted by Crippen LogP contribution is -2.24. The van der Waals surface area contributed by atoms with Crippen LogP contribution in [0.1, 0.15) is 48.0 Å². The highest BCUT2D eigenvalue weighted by atomic mass is 16.6. The third-order valence-electron chi connectivity index (χ3n) is 3.66. The van der Waals surface area contributed by atoms with E-state index in [1.807, 2.05) is 69.5 Å². The number of rotatable bonds is 3. The zero-order valence-electron chi connectivity index (χ0n) is 13.9. The molecule has 0 aliphatic carbocycles. The van der Waals surface area contributed by atoms with E-state index in [1.54, 1.807) is 0 Å². The highest BCUT2D eigenvalue weighted by Crippen LogP contribution is 2.27. The third kappa shape index (κ3) is 3.32. The van der Waals surface area contributed by atoms with Crippen molar-refractivity contribution in [3.05, 3.63) is 52.7 Å². The molecule has 2 aromatic rings. The van der Waals surface area contributed by atoms with Gasteiger partial charge < -0.3 is 15.0 Å². The zero-order valence-corrected chi connectivity index (χ0v) is 13.9. The van der Waals surface area contributed by atoms with Crippen molar-refractivity contribution in [2.45, 2.75) is 46.8 Å². The summed E-state index contributed by atoms with van der Waals surface area (Å²) in [4.78, 5) is 12.4. The molecule has 1 aromatic heterocycles. The number of hydrogen-bond acceptors (Lipinski definition) is 3. The van der Waals surface area contributed by atoms with Gasteiger partial charge in [-0.3, -0.25) is 0 Å². The first-order valence-corrected chi connectivity index (χ1v) is 7.43. The van der Waals surface area contributed by atoms with Crippen LogP contribution < -0.4 is 5.73 Å². The number of nitrogens with two attached hydrogens (primary N) is 1. The summed E-state index contributed by atoms with van der Waals surface area (Å²) in [5, 5.41) is 0. The van der Waals surface area contributed by atoms with Gasteiger partial charge in [0.1, 0.15) is 17.0 Å². The number of aromatic nitrogens is 1. The van der Waals surface area contributed by atoms with E-state index in [9.17, 15) is 4.79 Å². The molecule has 0 unspecified atom stereocenters. The van der Waals surface area contributed by atoms with Gasteiger partial charge in [-0.15, -0.1) is 0 Å². The molecule has 0 bridgehead atoms. The molecular formula is C18H24N2O2. The maximum absolute atomic E-state index is 12.4. The molecule has 4 heteroatoms. The number of nitrogens with zero attached hydrogens (tertiary/aromatic N) is 1. The second-order valence-electron chi connectivity index (χ2n) is 6.54. The van der Waals surface area contributed by atoms with Gasteiger partial charge in [0.25, 0.3) is 0 Å². The van der Waals surface area contributed by atoms with Crippen LogP contribution >= 0.6 is 0 Å². The van der Waals surface area contributed by atoms with E-state index in [4.69, 9.17) is 10.5 Å². The molecule has 1 heterocycles. The lowest BCUT2D eigenvalue weighted by molar-refractivity contribution is 0.00701. The van der Waals surface area contributed by atoms with Crippen molar-refractivity contribution in [1.29, 1.82) is 0 Å². The van der Waals surface area contributed by atoms with Gasteiger partial charge in [-0.2, -0.15) is 0 Å². The van der Waals surface area contributed by atoms with Crippen molar-refractivity contribution >= 4 is 11.8 Å². The first-order valence-electron chi connectivity index (χ1n) is 7.43. The normalized spacial score (nSPS) is 11.5. The minimum Gasteiger partial charge on any atom is -0.456 e. The number of ether oxygens (including phenoxy) is 1. The summed E-state index contributed by atoms with van der Waals surface area (Å²) in [6.45, 7) is 10.1. The predicted octanol–water partition coefficient (Wildman–Crippen LogP) is 3.69. The Labute approximate surface area is 131 Å². The van der Waals surface area contributed by atoms with Crippen molar-refractivity contribution in [2.75, 3.05) is 5.73 Å². The van der Waals surface area contributed by atoms with Crippen molar-refractivity contribution in [3.63, 3.8) is 0 Å². The Bertz CT molecular complexity index is 679. The lowest BCUT2D eigenvalue weighted by Gasteiger charge is -2.19. The monoisotopic (exact) mass is 300 g/mol. The fourth-order valence-electron chi connectivity index (χ4n) is 2.45. The second kappa shape index (κ2) is 5.87. The van der Waals surface area contributed by atoms with E-state index in [2.05, 4.69) is 0 Å². The van der Waals surface area contributed by atoms with E-state index in [-0.39, 0.29) is 5.97 Å². The third-order valence-corrected chi connectivity index (χ3v) is 3.66. The van der Waals surface area contributed by atoms with Crippen LogP contribution in [0.4, 0.5) is 5.82 Å². The van der Waals surface area contributed by atoms with Crippen molar-refractivity contribution < 1.29 is 9.53 Å². The molecule has 118 valence electrons. The molecule has 0 aliphatic heterocycles. The summed E-state index contributed by atoms with van der Waals surface area (Å²) >= 11 is 0. The first kappa shape index (κ1) is 16.1. The van der Waals surface area contributed by atoms with Crippen molar-refractivity contribution in [2.24, 2.45) is 0 Å². The standard InChI is InChI=1S/C18H24N2O2/c1-12-13(2)20(11-14-9-7-6-8-10-14)16(19)15(12)17(21)22-18(3,4)5/h6-10H,11,19H2,1-5H3. The fourth-order valence-corrected chi connectivity index (χ4v) is 2.45. The molecule has 0 saturated heterocycles. The van der Waals surface area contributed by atoms with Crippen molar-refractivity contribution in [3.8, 4) is 0 Å². The van der Waals surface area contributed by atoms with Crippen LogP contribution in [0.3, 0.4) is 0 Å². The lowest BCUT2D eigenvalue weighted by atomic mass is 10.1. The van der Waals surface area contributed by atoms with Gasteiger partial charge in [-0.1, -0.05) is 30.3 Å². The minimum absolute atomic E-state index is 0.364. The fraction of sp³-hybridized carbons (Fsp3) is 0.389. The van der Waals surface area contributed by atoms with Crippen LogP contribution in [0.5, 0.6) is 0 Å². The van der Waals surface area contributed by atoms with E-state index >= 15 is 0 Å². The summed E-state index contributed by atoms with van der Waals surface area (Å²) < 4.78 is 7.43. The predicted molar refractivity (Wildman–Crippen MR) is 89.0 cm³/mol. The van der Waals surface area contributed by atoms with Gasteiger partial charge in [0.2, 0.25) is 0 Å². The minimum atomic E-state index is -0.536. The maximum atomic E-state index is 12.4. The van der Waals surface area contributed by atoms with Crippen LogP contribution in [0.15, 0.2) is 30.3 Å². The largest absolute Gasteiger partial charge is 0.456 e. The highest BCUT2D eigenvalue weighted by Gasteiger charge is 2.26. The molecule has 0 fully saturated rings. The van der Waals surface area contributed by atoms with Crippen LogP contribution in [0, 0.1) is 13.8 Å². The number of carbonyl (C=O) groups is 1. The van der Waals surface area contributed by atoms with Gasteiger partial charge in [-0.05, 0) is 45.7 Å². The van der Waals surface area contributed by atoms with E-state index in [0.717, 1.165) is 16.8 Å². The summed E-state index contributed by atoms with van der Waals surface area (Å²) in [7, 11) is 0. The topological polar surface area (TPSA) is 57.2 Å². The molecule has 2 N–H and O–H groups in total. The van der Waals surface area contributed by atoms with Crippen LogP contribution in [-0.4, -0.2) is 16.1 Å². The summed E-state index contributed by atoms with van der Waals surface area (Å²) in [6, 6.07) is 10.0. The Kier molecular flexibility index (Phi) is 4.31. The van der Waals surface area contributed by atoms with E-state index in [1.165, 1.54) is 0 Å². The zero-order chi connectivity index (χ0) is 16.5. The maximum Gasteiger partial charge on any atom is 0.342 e. The first-order chi connectivity index (χ1) is 10.2. The average Bonchev–Trinajstić information content (AvgIpc) is 2.62. The average molecular weight is 300 g/mol.